The van der Waals surface area contributed by atoms with E-state index in [1.807, 2.05) is 0 Å². The topological polar surface area (TPSA) is 111 Å². The van der Waals surface area contributed by atoms with E-state index in [9.17, 15) is 14.9 Å². The van der Waals surface area contributed by atoms with Gasteiger partial charge in [0.1, 0.15) is 11.3 Å². The molecule has 0 aliphatic carbocycles. The van der Waals surface area contributed by atoms with Crippen LogP contribution in [0.4, 0.5) is 11.4 Å². The average molecular weight is 508 g/mol. The minimum absolute atomic E-state index is 0.0141. The molecule has 0 fully saturated rings. The lowest BCUT2D eigenvalue weighted by atomic mass is 10.1. The Hall–Kier alpha value is -4.14. The molecule has 3 aromatic carbocycles. The first-order chi connectivity index (χ1) is 16.8. The highest BCUT2D eigenvalue weighted by Gasteiger charge is 2.17. The van der Waals surface area contributed by atoms with E-state index >= 15 is 0 Å². The molecule has 5 rings (SSSR count). The predicted octanol–water partition coefficient (Wildman–Crippen LogP) is 7.53. The number of rotatable bonds is 5. The summed E-state index contributed by atoms with van der Waals surface area (Å²) < 4.78 is 11.5. The molecule has 10 heteroatoms. The average Bonchev–Trinajstić information content (AvgIpc) is 3.47. The van der Waals surface area contributed by atoms with Crippen molar-refractivity contribution in [2.75, 3.05) is 5.32 Å². The van der Waals surface area contributed by atoms with Crippen LogP contribution in [0.3, 0.4) is 0 Å². The van der Waals surface area contributed by atoms with Crippen LogP contribution in [0.15, 0.2) is 75.6 Å². The zero-order valence-electron chi connectivity index (χ0n) is 18.0. The molecule has 8 nitrogen and oxygen atoms in total. The number of furan rings is 1. The number of carbonyl (C=O) groups is 1. The van der Waals surface area contributed by atoms with Gasteiger partial charge in [0.25, 0.3) is 11.6 Å². The first-order valence-electron chi connectivity index (χ1n) is 10.3. The summed E-state index contributed by atoms with van der Waals surface area (Å²) in [5.74, 6) is 0.365. The van der Waals surface area contributed by atoms with Gasteiger partial charge in [-0.05, 0) is 67.1 Å². The van der Waals surface area contributed by atoms with Gasteiger partial charge in [-0.1, -0.05) is 23.2 Å². The van der Waals surface area contributed by atoms with Gasteiger partial charge in [0.05, 0.1) is 15.5 Å². The van der Waals surface area contributed by atoms with E-state index in [0.29, 0.717) is 55.2 Å². The minimum atomic E-state index is -0.462. The molecule has 0 saturated carbocycles. The molecule has 0 radical (unpaired) electrons. The van der Waals surface area contributed by atoms with Crippen LogP contribution in [0.1, 0.15) is 16.1 Å². The molecule has 0 unspecified atom stereocenters. The SMILES string of the molecule is Cc1cc([N+](=O)[O-])ccc1-c1ccc(C(=O)Nc2ccc3oc(-c4cc(Cl)ccc4Cl)nc3c2)o1. The van der Waals surface area contributed by atoms with Crippen molar-refractivity contribution in [3.8, 4) is 22.8 Å². The zero-order valence-corrected chi connectivity index (χ0v) is 19.6. The molecule has 2 aromatic heterocycles. The van der Waals surface area contributed by atoms with Crippen LogP contribution in [-0.2, 0) is 0 Å². The summed E-state index contributed by atoms with van der Waals surface area (Å²) in [5.41, 5.74) is 3.39. The summed E-state index contributed by atoms with van der Waals surface area (Å²) in [6.45, 7) is 1.74. The summed E-state index contributed by atoms with van der Waals surface area (Å²) in [6.07, 6.45) is 0. The summed E-state index contributed by atoms with van der Waals surface area (Å²) in [5, 5.41) is 14.7. The number of fused-ring (bicyclic) bond motifs is 1. The highest BCUT2D eigenvalue weighted by Crippen LogP contribution is 2.33. The number of oxazole rings is 1. The molecule has 1 N–H and O–H groups in total. The Labute approximate surface area is 208 Å². The summed E-state index contributed by atoms with van der Waals surface area (Å²) in [6, 6.07) is 17.7. The normalized spacial score (nSPS) is 11.1. The molecule has 5 aromatic rings. The molecule has 0 atom stereocenters. The second-order valence-electron chi connectivity index (χ2n) is 7.70. The van der Waals surface area contributed by atoms with Crippen LogP contribution in [0.2, 0.25) is 10.0 Å². The van der Waals surface area contributed by atoms with Gasteiger partial charge in [0.2, 0.25) is 5.89 Å². The molecule has 0 aliphatic heterocycles. The second kappa shape index (κ2) is 8.90. The fraction of sp³-hybridized carbons (Fsp3) is 0.0400. The number of halogens is 2. The van der Waals surface area contributed by atoms with Gasteiger partial charge >= 0.3 is 0 Å². The number of nitro groups is 1. The van der Waals surface area contributed by atoms with Crippen molar-refractivity contribution in [3.63, 3.8) is 0 Å². The van der Waals surface area contributed by atoms with E-state index in [-0.39, 0.29) is 11.4 Å². The van der Waals surface area contributed by atoms with Gasteiger partial charge in [0.15, 0.2) is 11.3 Å². The number of benzene rings is 3. The molecule has 174 valence electrons. The van der Waals surface area contributed by atoms with E-state index in [2.05, 4.69) is 10.3 Å². The van der Waals surface area contributed by atoms with Gasteiger partial charge in [0, 0.05) is 28.4 Å². The lowest BCUT2D eigenvalue weighted by Gasteiger charge is -2.04. The molecule has 0 saturated heterocycles. The number of amides is 1. The molecule has 0 bridgehead atoms. The number of nitrogens with zero attached hydrogens (tertiary/aromatic N) is 2. The van der Waals surface area contributed by atoms with Crippen LogP contribution >= 0.6 is 23.2 Å². The minimum Gasteiger partial charge on any atom is -0.451 e. The first-order valence-corrected chi connectivity index (χ1v) is 11.1. The number of hydrogen-bond acceptors (Lipinski definition) is 6. The number of aryl methyl sites for hydroxylation is 1. The van der Waals surface area contributed by atoms with Crippen molar-refractivity contribution in [1.82, 2.24) is 4.98 Å². The smallest absolute Gasteiger partial charge is 0.291 e. The van der Waals surface area contributed by atoms with Crippen molar-refractivity contribution in [2.45, 2.75) is 6.92 Å². The molecule has 2 heterocycles. The van der Waals surface area contributed by atoms with Gasteiger partial charge < -0.3 is 14.2 Å². The lowest BCUT2D eigenvalue weighted by Crippen LogP contribution is -2.10. The molecule has 0 aliphatic rings. The van der Waals surface area contributed by atoms with Crippen LogP contribution in [0.25, 0.3) is 33.9 Å². The molecule has 35 heavy (non-hydrogen) atoms. The van der Waals surface area contributed by atoms with Gasteiger partial charge in [-0.25, -0.2) is 4.98 Å². The Balaban J connectivity index is 1.37. The predicted molar refractivity (Wildman–Crippen MR) is 133 cm³/mol. The fourth-order valence-corrected chi connectivity index (χ4v) is 3.99. The van der Waals surface area contributed by atoms with E-state index in [1.54, 1.807) is 61.5 Å². The summed E-state index contributed by atoms with van der Waals surface area (Å²) in [7, 11) is 0. The highest BCUT2D eigenvalue weighted by atomic mass is 35.5. The van der Waals surface area contributed by atoms with Crippen molar-refractivity contribution in [3.05, 3.63) is 98.2 Å². The maximum Gasteiger partial charge on any atom is 0.291 e. The van der Waals surface area contributed by atoms with Crippen molar-refractivity contribution in [1.29, 1.82) is 0 Å². The van der Waals surface area contributed by atoms with Gasteiger partial charge in [-0.3, -0.25) is 14.9 Å². The van der Waals surface area contributed by atoms with E-state index in [0.717, 1.165) is 0 Å². The van der Waals surface area contributed by atoms with Crippen LogP contribution in [0.5, 0.6) is 0 Å². The van der Waals surface area contributed by atoms with E-state index < -0.39 is 10.8 Å². The Morgan fingerprint density at radius 1 is 0.971 bits per heavy atom. The standard InChI is InChI=1S/C25H15Cl2N3O5/c1-13-10-16(30(32)33)4-5-17(13)21-8-9-23(34-21)24(31)28-15-3-7-22-20(12-15)29-25(35-22)18-11-14(26)2-6-19(18)27/h2-12H,1H3,(H,28,31). The number of anilines is 1. The second-order valence-corrected chi connectivity index (χ2v) is 8.54. The molecule has 1 amide bonds. The Bertz CT molecular complexity index is 1620. The third-order valence-electron chi connectivity index (χ3n) is 5.32. The fourth-order valence-electron chi connectivity index (χ4n) is 3.62. The number of non-ortho nitro benzene ring substituents is 1. The Morgan fingerprint density at radius 2 is 1.80 bits per heavy atom. The number of hydrogen-bond donors (Lipinski definition) is 1. The Morgan fingerprint density at radius 3 is 2.57 bits per heavy atom. The van der Waals surface area contributed by atoms with Crippen LogP contribution < -0.4 is 5.32 Å². The number of nitro benzene ring substituents is 1. The highest BCUT2D eigenvalue weighted by molar-refractivity contribution is 6.35. The van der Waals surface area contributed by atoms with Crippen molar-refractivity contribution >= 4 is 51.6 Å². The van der Waals surface area contributed by atoms with Crippen LogP contribution in [0, 0.1) is 17.0 Å². The quantitative estimate of drug-likeness (QED) is 0.194. The number of carbonyl (C=O) groups excluding carboxylic acids is 1. The summed E-state index contributed by atoms with van der Waals surface area (Å²) >= 11 is 12.3. The van der Waals surface area contributed by atoms with Gasteiger partial charge in [-0.2, -0.15) is 0 Å². The third kappa shape index (κ3) is 4.49. The maximum atomic E-state index is 12.8. The number of nitrogens with one attached hydrogen (secondary N) is 1. The molecule has 0 spiro atoms. The largest absolute Gasteiger partial charge is 0.451 e. The first kappa shape index (κ1) is 22.6. The molecular formula is C25H15Cl2N3O5. The summed E-state index contributed by atoms with van der Waals surface area (Å²) in [4.78, 5) is 27.7. The Kier molecular flexibility index (Phi) is 5.76. The van der Waals surface area contributed by atoms with E-state index in [1.165, 1.54) is 12.1 Å². The number of aromatic nitrogens is 1. The van der Waals surface area contributed by atoms with E-state index in [4.69, 9.17) is 32.0 Å². The molecular weight excluding hydrogens is 493 g/mol. The van der Waals surface area contributed by atoms with Gasteiger partial charge in [-0.15, -0.1) is 0 Å². The van der Waals surface area contributed by atoms with Crippen molar-refractivity contribution < 1.29 is 18.6 Å². The lowest BCUT2D eigenvalue weighted by molar-refractivity contribution is -0.384. The third-order valence-corrected chi connectivity index (χ3v) is 5.88. The maximum absolute atomic E-state index is 12.8. The monoisotopic (exact) mass is 507 g/mol. The zero-order chi connectivity index (χ0) is 24.7. The van der Waals surface area contributed by atoms with Crippen LogP contribution in [-0.4, -0.2) is 15.8 Å². The van der Waals surface area contributed by atoms with Crippen molar-refractivity contribution in [2.24, 2.45) is 0 Å².